The summed E-state index contributed by atoms with van der Waals surface area (Å²) in [6, 6.07) is 1.68. The van der Waals surface area contributed by atoms with Crippen LogP contribution in [0.2, 0.25) is 0 Å². The van der Waals surface area contributed by atoms with Crippen molar-refractivity contribution in [2.75, 3.05) is 13.1 Å². The summed E-state index contributed by atoms with van der Waals surface area (Å²) >= 11 is 4.77. The van der Waals surface area contributed by atoms with Gasteiger partial charge < -0.3 is 5.11 Å². The second kappa shape index (κ2) is 5.81. The molecule has 0 spiro atoms. The molecule has 1 aliphatic heterocycles. The maximum absolute atomic E-state index is 12.5. The summed E-state index contributed by atoms with van der Waals surface area (Å²) in [5.41, 5.74) is 0. The van der Waals surface area contributed by atoms with Gasteiger partial charge in [0, 0.05) is 18.0 Å². The SMILES string of the molecule is Cc1sc(Br)cc1S(=O)(=O)N1CCC(C(C)O)CC1. The third-order valence-corrected chi connectivity index (χ3v) is 7.35. The minimum Gasteiger partial charge on any atom is -0.393 e. The number of thiophene rings is 1. The van der Waals surface area contributed by atoms with Gasteiger partial charge in [-0.1, -0.05) is 0 Å². The highest BCUT2D eigenvalue weighted by molar-refractivity contribution is 9.11. The van der Waals surface area contributed by atoms with Crippen molar-refractivity contribution in [3.63, 3.8) is 0 Å². The van der Waals surface area contributed by atoms with Crippen LogP contribution in [0, 0.1) is 12.8 Å². The summed E-state index contributed by atoms with van der Waals surface area (Å²) in [4.78, 5) is 1.21. The molecule has 1 aromatic rings. The molecule has 1 aliphatic rings. The van der Waals surface area contributed by atoms with E-state index < -0.39 is 10.0 Å². The van der Waals surface area contributed by atoms with Crippen LogP contribution in [0.15, 0.2) is 14.7 Å². The lowest BCUT2D eigenvalue weighted by molar-refractivity contribution is 0.0912. The van der Waals surface area contributed by atoms with E-state index in [0.29, 0.717) is 18.0 Å². The molecule has 0 bridgehead atoms. The zero-order valence-corrected chi connectivity index (χ0v) is 14.2. The van der Waals surface area contributed by atoms with Crippen molar-refractivity contribution in [2.45, 2.75) is 37.7 Å². The number of halogens is 1. The molecule has 1 unspecified atom stereocenters. The van der Waals surface area contributed by atoms with Gasteiger partial charge in [-0.3, -0.25) is 0 Å². The molecule has 2 rings (SSSR count). The average molecular weight is 368 g/mol. The minimum atomic E-state index is -3.39. The fourth-order valence-electron chi connectivity index (χ4n) is 2.42. The minimum absolute atomic E-state index is 0.210. The molecule has 1 saturated heterocycles. The molecule has 0 radical (unpaired) electrons. The molecular formula is C12H18BrNO3S2. The second-order valence-electron chi connectivity index (χ2n) is 4.95. The summed E-state index contributed by atoms with van der Waals surface area (Å²) < 4.78 is 27.5. The largest absolute Gasteiger partial charge is 0.393 e. The van der Waals surface area contributed by atoms with Crippen LogP contribution in [-0.4, -0.2) is 37.0 Å². The van der Waals surface area contributed by atoms with Gasteiger partial charge in [-0.05, 0) is 54.6 Å². The fourth-order valence-corrected chi connectivity index (χ4v) is 6.28. The van der Waals surface area contributed by atoms with Gasteiger partial charge in [0.15, 0.2) is 0 Å². The van der Waals surface area contributed by atoms with Crippen LogP contribution in [0.5, 0.6) is 0 Å². The van der Waals surface area contributed by atoms with E-state index >= 15 is 0 Å². The van der Waals surface area contributed by atoms with Crippen LogP contribution in [0.4, 0.5) is 0 Å². The van der Waals surface area contributed by atoms with E-state index in [2.05, 4.69) is 15.9 Å². The number of sulfonamides is 1. The van der Waals surface area contributed by atoms with Crippen LogP contribution in [-0.2, 0) is 10.0 Å². The maximum Gasteiger partial charge on any atom is 0.244 e. The number of piperidine rings is 1. The van der Waals surface area contributed by atoms with E-state index in [4.69, 9.17) is 0 Å². The van der Waals surface area contributed by atoms with E-state index in [9.17, 15) is 13.5 Å². The van der Waals surface area contributed by atoms with Crippen molar-refractivity contribution in [3.05, 3.63) is 14.7 Å². The van der Waals surface area contributed by atoms with Crippen LogP contribution in [0.25, 0.3) is 0 Å². The number of aliphatic hydroxyl groups is 1. The fraction of sp³-hybridized carbons (Fsp3) is 0.667. The zero-order valence-electron chi connectivity index (χ0n) is 11.0. The number of rotatable bonds is 3. The molecule has 0 amide bonds. The normalized spacial score (nSPS) is 20.6. The average Bonchev–Trinajstić information content (AvgIpc) is 2.69. The Morgan fingerprint density at radius 2 is 2.05 bits per heavy atom. The van der Waals surface area contributed by atoms with E-state index in [1.165, 1.54) is 15.6 Å². The lowest BCUT2D eigenvalue weighted by atomic mass is 9.93. The Kier molecular flexibility index (Phi) is 4.72. The van der Waals surface area contributed by atoms with Crippen molar-refractivity contribution in [3.8, 4) is 0 Å². The number of aryl methyl sites for hydroxylation is 1. The molecule has 1 aromatic heterocycles. The Hall–Kier alpha value is 0.0500. The third kappa shape index (κ3) is 3.21. The van der Waals surface area contributed by atoms with Gasteiger partial charge in [0.2, 0.25) is 10.0 Å². The van der Waals surface area contributed by atoms with E-state index in [0.717, 1.165) is 21.5 Å². The first-order valence-electron chi connectivity index (χ1n) is 6.26. The number of nitrogens with zero attached hydrogens (tertiary/aromatic N) is 1. The van der Waals surface area contributed by atoms with Gasteiger partial charge in [0.25, 0.3) is 0 Å². The van der Waals surface area contributed by atoms with Gasteiger partial charge in [-0.25, -0.2) is 8.42 Å². The molecule has 1 fully saturated rings. The quantitative estimate of drug-likeness (QED) is 0.892. The van der Waals surface area contributed by atoms with Gasteiger partial charge in [0.05, 0.1) is 14.8 Å². The van der Waals surface area contributed by atoms with Crippen molar-refractivity contribution in [1.29, 1.82) is 0 Å². The Bertz CT molecular complexity index is 545. The highest BCUT2D eigenvalue weighted by atomic mass is 79.9. The topological polar surface area (TPSA) is 57.6 Å². The lowest BCUT2D eigenvalue weighted by Gasteiger charge is -2.32. The van der Waals surface area contributed by atoms with Crippen LogP contribution in [0.1, 0.15) is 24.6 Å². The highest BCUT2D eigenvalue weighted by Gasteiger charge is 2.32. The standard InChI is InChI=1S/C12H18BrNO3S2/c1-8(15)10-3-5-14(6-4-10)19(16,17)11-7-12(13)18-9(11)2/h7-8,10,15H,3-6H2,1-2H3. The molecule has 2 heterocycles. The number of hydrogen-bond acceptors (Lipinski definition) is 4. The monoisotopic (exact) mass is 367 g/mol. The third-order valence-electron chi connectivity index (χ3n) is 3.64. The molecule has 19 heavy (non-hydrogen) atoms. The Labute approximate surface area is 126 Å². The Morgan fingerprint density at radius 3 is 2.47 bits per heavy atom. The predicted octanol–water partition coefficient (Wildman–Crippen LogP) is 2.60. The van der Waals surface area contributed by atoms with Gasteiger partial charge in [-0.2, -0.15) is 4.31 Å². The zero-order chi connectivity index (χ0) is 14.2. The Balaban J connectivity index is 2.16. The van der Waals surface area contributed by atoms with Crippen molar-refractivity contribution in [2.24, 2.45) is 5.92 Å². The molecule has 0 saturated carbocycles. The number of aliphatic hydroxyl groups excluding tert-OH is 1. The highest BCUT2D eigenvalue weighted by Crippen LogP contribution is 2.33. The van der Waals surface area contributed by atoms with Crippen molar-refractivity contribution < 1.29 is 13.5 Å². The van der Waals surface area contributed by atoms with Crippen LogP contribution >= 0.6 is 27.3 Å². The summed E-state index contributed by atoms with van der Waals surface area (Å²) in [6.45, 7) is 4.58. The first-order chi connectivity index (χ1) is 8.82. The molecule has 0 aromatic carbocycles. The predicted molar refractivity (Wildman–Crippen MR) is 79.9 cm³/mol. The molecule has 4 nitrogen and oxygen atoms in total. The second-order valence-corrected chi connectivity index (χ2v) is 9.49. The molecule has 108 valence electrons. The summed E-state index contributed by atoms with van der Waals surface area (Å²) in [5, 5.41) is 9.56. The van der Waals surface area contributed by atoms with E-state index in [-0.39, 0.29) is 12.0 Å². The summed E-state index contributed by atoms with van der Waals surface area (Å²) in [6.07, 6.45) is 1.09. The molecular weight excluding hydrogens is 350 g/mol. The van der Waals surface area contributed by atoms with E-state index in [1.807, 2.05) is 6.92 Å². The van der Waals surface area contributed by atoms with Crippen LogP contribution in [0.3, 0.4) is 0 Å². The lowest BCUT2D eigenvalue weighted by Crippen LogP contribution is -2.40. The smallest absolute Gasteiger partial charge is 0.244 e. The summed E-state index contributed by atoms with van der Waals surface area (Å²) in [7, 11) is -3.39. The van der Waals surface area contributed by atoms with Gasteiger partial charge >= 0.3 is 0 Å². The molecule has 1 atom stereocenters. The first kappa shape index (κ1) is 15.4. The van der Waals surface area contributed by atoms with E-state index in [1.54, 1.807) is 13.0 Å². The van der Waals surface area contributed by atoms with Crippen LogP contribution < -0.4 is 0 Å². The van der Waals surface area contributed by atoms with Gasteiger partial charge in [-0.15, -0.1) is 11.3 Å². The van der Waals surface area contributed by atoms with Gasteiger partial charge in [0.1, 0.15) is 0 Å². The summed E-state index contributed by atoms with van der Waals surface area (Å²) in [5.74, 6) is 0.210. The first-order valence-corrected chi connectivity index (χ1v) is 9.31. The molecule has 1 N–H and O–H groups in total. The maximum atomic E-state index is 12.5. The molecule has 0 aliphatic carbocycles. The molecule has 7 heteroatoms. The van der Waals surface area contributed by atoms with Crippen molar-refractivity contribution in [1.82, 2.24) is 4.31 Å². The number of hydrogen-bond donors (Lipinski definition) is 1. The van der Waals surface area contributed by atoms with Crippen molar-refractivity contribution >= 4 is 37.3 Å². The Morgan fingerprint density at radius 1 is 1.47 bits per heavy atom.